The highest BCUT2D eigenvalue weighted by molar-refractivity contribution is 6.12. The Hall–Kier alpha value is -4.99. The first-order chi connectivity index (χ1) is 20.0. The molecule has 3 aromatic carbocycles. The largest absolute Gasteiger partial charge is 0.417 e. The van der Waals surface area contributed by atoms with Crippen molar-refractivity contribution < 1.29 is 31.1 Å². The SMILES string of the molecule is O=C1CN1c1cc(-c2ccc(-c3cnccc3C(F)(F)F)cc2)cc(-c2ccc(-c3cnccc3C(F)(F)F)cc2)c1. The van der Waals surface area contributed by atoms with E-state index in [4.69, 9.17) is 0 Å². The van der Waals surface area contributed by atoms with Crippen LogP contribution in [0.4, 0.5) is 32.0 Å². The number of carbonyl (C=O) groups excluding carboxylic acids is 1. The maximum Gasteiger partial charge on any atom is 0.417 e. The molecule has 5 aromatic rings. The normalized spacial score (nSPS) is 13.4. The number of halogens is 6. The Kier molecular flexibility index (Phi) is 6.56. The molecule has 6 rings (SSSR count). The summed E-state index contributed by atoms with van der Waals surface area (Å²) in [6.45, 7) is 0.253. The molecule has 0 atom stereocenters. The van der Waals surface area contributed by atoms with Gasteiger partial charge in [-0.3, -0.25) is 14.8 Å². The second kappa shape index (κ2) is 10.1. The molecule has 1 amide bonds. The molecule has 0 spiro atoms. The molecule has 2 aromatic heterocycles. The van der Waals surface area contributed by atoms with Gasteiger partial charge in [-0.1, -0.05) is 48.5 Å². The zero-order valence-electron chi connectivity index (χ0n) is 21.5. The van der Waals surface area contributed by atoms with E-state index in [9.17, 15) is 31.1 Å². The van der Waals surface area contributed by atoms with Crippen LogP contribution in [0, 0.1) is 0 Å². The number of rotatable bonds is 5. The van der Waals surface area contributed by atoms with Crippen LogP contribution < -0.4 is 4.90 Å². The Bertz CT molecular complexity index is 1680. The maximum absolute atomic E-state index is 13.5. The molecular weight excluding hydrogens is 556 g/mol. The number of hydrogen-bond acceptors (Lipinski definition) is 3. The number of anilines is 1. The van der Waals surface area contributed by atoms with Crippen LogP contribution in [0.3, 0.4) is 0 Å². The van der Waals surface area contributed by atoms with Crippen LogP contribution in [0.1, 0.15) is 11.1 Å². The van der Waals surface area contributed by atoms with Gasteiger partial charge in [-0.2, -0.15) is 26.3 Å². The first-order valence-electron chi connectivity index (χ1n) is 12.7. The minimum absolute atomic E-state index is 0.0388. The van der Waals surface area contributed by atoms with E-state index in [2.05, 4.69) is 9.97 Å². The molecule has 0 N–H and O–H groups in total. The highest BCUT2D eigenvalue weighted by Gasteiger charge is 2.35. The van der Waals surface area contributed by atoms with E-state index >= 15 is 0 Å². The summed E-state index contributed by atoms with van der Waals surface area (Å²) < 4.78 is 81.1. The molecule has 0 aliphatic carbocycles. The fourth-order valence-electron chi connectivity index (χ4n) is 4.86. The van der Waals surface area contributed by atoms with Gasteiger partial charge in [-0.15, -0.1) is 0 Å². The summed E-state index contributed by atoms with van der Waals surface area (Å²) in [5, 5.41) is 0. The highest BCUT2D eigenvalue weighted by atomic mass is 19.4. The van der Waals surface area contributed by atoms with Crippen molar-refractivity contribution in [2.75, 3.05) is 11.4 Å². The molecule has 1 aliphatic rings. The van der Waals surface area contributed by atoms with Gasteiger partial charge in [0.15, 0.2) is 0 Å². The fourth-order valence-corrected chi connectivity index (χ4v) is 4.86. The minimum Gasteiger partial charge on any atom is -0.301 e. The van der Waals surface area contributed by atoms with E-state index in [1.165, 1.54) is 12.4 Å². The van der Waals surface area contributed by atoms with Gasteiger partial charge in [-0.25, -0.2) is 0 Å². The van der Waals surface area contributed by atoms with Crippen molar-refractivity contribution in [2.45, 2.75) is 12.4 Å². The number of alkyl halides is 6. The molecule has 0 unspecified atom stereocenters. The van der Waals surface area contributed by atoms with Gasteiger partial charge in [-0.05, 0) is 63.7 Å². The van der Waals surface area contributed by atoms with Crippen LogP contribution in [0.15, 0.2) is 104 Å². The van der Waals surface area contributed by atoms with Crippen molar-refractivity contribution in [2.24, 2.45) is 0 Å². The summed E-state index contributed by atoms with van der Waals surface area (Å²) >= 11 is 0. The quantitative estimate of drug-likeness (QED) is 0.156. The Balaban J connectivity index is 1.37. The fraction of sp³-hybridized carbons (Fsp3) is 0.0938. The molecule has 0 radical (unpaired) electrons. The summed E-state index contributed by atoms with van der Waals surface area (Å²) in [4.78, 5) is 21.2. The summed E-state index contributed by atoms with van der Waals surface area (Å²) in [5.41, 5.74) is 2.52. The third-order valence-corrected chi connectivity index (χ3v) is 7.03. The summed E-state index contributed by atoms with van der Waals surface area (Å²) in [6.07, 6.45) is -4.52. The number of amides is 1. The molecule has 210 valence electrons. The predicted molar refractivity (Wildman–Crippen MR) is 146 cm³/mol. The predicted octanol–water partition coefficient (Wildman–Crippen LogP) is 8.53. The molecule has 0 bridgehead atoms. The van der Waals surface area contributed by atoms with Crippen LogP contribution in [-0.2, 0) is 17.1 Å². The lowest BCUT2D eigenvalue weighted by molar-refractivity contribution is -0.138. The Morgan fingerprint density at radius 3 is 1.29 bits per heavy atom. The van der Waals surface area contributed by atoms with Gasteiger partial charge in [0.2, 0.25) is 5.91 Å². The zero-order chi connectivity index (χ0) is 29.6. The number of carbonyl (C=O) groups is 1. The van der Waals surface area contributed by atoms with Crippen LogP contribution >= 0.6 is 0 Å². The average molecular weight is 576 g/mol. The maximum atomic E-state index is 13.5. The lowest BCUT2D eigenvalue weighted by Gasteiger charge is -2.14. The topological polar surface area (TPSA) is 45.9 Å². The van der Waals surface area contributed by atoms with Gasteiger partial charge in [0.05, 0.1) is 11.1 Å². The van der Waals surface area contributed by atoms with Crippen LogP contribution in [-0.4, -0.2) is 22.4 Å². The molecule has 3 heterocycles. The van der Waals surface area contributed by atoms with E-state index < -0.39 is 23.5 Å². The first-order valence-corrected chi connectivity index (χ1v) is 12.7. The van der Waals surface area contributed by atoms with Gasteiger partial charge >= 0.3 is 12.4 Å². The van der Waals surface area contributed by atoms with Gasteiger partial charge in [0, 0.05) is 41.6 Å². The van der Waals surface area contributed by atoms with E-state index in [0.717, 1.165) is 24.5 Å². The summed E-state index contributed by atoms with van der Waals surface area (Å²) in [6, 6.07) is 20.5. The monoisotopic (exact) mass is 575 g/mol. The molecule has 0 saturated carbocycles. The Morgan fingerprint density at radius 2 is 0.929 bits per heavy atom. The second-order valence-electron chi connectivity index (χ2n) is 9.74. The molecule has 42 heavy (non-hydrogen) atoms. The van der Waals surface area contributed by atoms with E-state index in [1.807, 2.05) is 18.2 Å². The number of benzene rings is 3. The molecule has 1 aliphatic heterocycles. The number of pyridine rings is 2. The van der Waals surface area contributed by atoms with Crippen LogP contribution in [0.5, 0.6) is 0 Å². The van der Waals surface area contributed by atoms with Crippen molar-refractivity contribution in [3.63, 3.8) is 0 Å². The lowest BCUT2D eigenvalue weighted by atomic mass is 9.94. The van der Waals surface area contributed by atoms with Crippen molar-refractivity contribution in [1.82, 2.24) is 9.97 Å². The van der Waals surface area contributed by atoms with Gasteiger partial charge < -0.3 is 4.90 Å². The Labute approximate surface area is 235 Å². The molecule has 1 saturated heterocycles. The summed E-state index contributed by atoms with van der Waals surface area (Å²) in [5.74, 6) is -0.0590. The van der Waals surface area contributed by atoms with E-state index in [0.29, 0.717) is 39.1 Å². The third-order valence-electron chi connectivity index (χ3n) is 7.03. The average Bonchev–Trinajstić information content (AvgIpc) is 3.73. The van der Waals surface area contributed by atoms with Gasteiger partial charge in [0.25, 0.3) is 0 Å². The zero-order valence-corrected chi connectivity index (χ0v) is 21.5. The van der Waals surface area contributed by atoms with Crippen molar-refractivity contribution >= 4 is 11.6 Å². The summed E-state index contributed by atoms with van der Waals surface area (Å²) in [7, 11) is 0. The third kappa shape index (κ3) is 5.35. The number of nitrogens with zero attached hydrogens (tertiary/aromatic N) is 3. The smallest absolute Gasteiger partial charge is 0.301 e. The van der Waals surface area contributed by atoms with Gasteiger partial charge in [0.1, 0.15) is 6.54 Å². The number of hydrogen-bond donors (Lipinski definition) is 0. The Morgan fingerprint density at radius 1 is 0.548 bits per heavy atom. The molecule has 4 nitrogen and oxygen atoms in total. The first kappa shape index (κ1) is 27.2. The van der Waals surface area contributed by atoms with Crippen LogP contribution in [0.2, 0.25) is 0 Å². The molecule has 10 heteroatoms. The van der Waals surface area contributed by atoms with Crippen LogP contribution in [0.25, 0.3) is 44.5 Å². The molecule has 1 fully saturated rings. The van der Waals surface area contributed by atoms with E-state index in [1.54, 1.807) is 53.4 Å². The van der Waals surface area contributed by atoms with Crippen molar-refractivity contribution in [3.8, 4) is 44.5 Å². The van der Waals surface area contributed by atoms with Crippen molar-refractivity contribution in [1.29, 1.82) is 0 Å². The van der Waals surface area contributed by atoms with E-state index in [-0.39, 0.29) is 23.6 Å². The minimum atomic E-state index is -4.54. The molecular formula is C32H19F6N3O. The second-order valence-corrected chi connectivity index (χ2v) is 9.74. The van der Waals surface area contributed by atoms with Crippen molar-refractivity contribution in [3.05, 3.63) is 115 Å². The number of aromatic nitrogens is 2. The standard InChI is InChI=1S/C32H19F6N3O/c33-31(34,35)28-9-11-39-16-26(28)21-5-1-19(2-6-21)23-13-24(15-25(14-23)41-18-30(41)42)20-3-7-22(8-4-20)27-17-40-12-10-29(27)32(36,37)38/h1-17H,18H2. The lowest BCUT2D eigenvalue weighted by Crippen LogP contribution is -2.07. The highest BCUT2D eigenvalue weighted by Crippen LogP contribution is 2.40.